The predicted molar refractivity (Wildman–Crippen MR) is 77.3 cm³/mol. The van der Waals surface area contributed by atoms with Crippen LogP contribution in [0.4, 0.5) is 19.1 Å². The first-order valence-corrected chi connectivity index (χ1v) is 7.15. The number of hydrogen-bond donors (Lipinski definition) is 0. The van der Waals surface area contributed by atoms with Crippen molar-refractivity contribution in [2.24, 2.45) is 0 Å². The van der Waals surface area contributed by atoms with Crippen LogP contribution in [-0.4, -0.2) is 9.85 Å². The van der Waals surface area contributed by atoms with Gasteiger partial charge in [0.1, 0.15) is 0 Å². The van der Waals surface area contributed by atoms with Crippen LogP contribution in [0.3, 0.4) is 0 Å². The molecule has 0 spiro atoms. The minimum absolute atomic E-state index is 0.271. The maximum atomic E-state index is 13.7. The average molecular weight is 346 g/mol. The molecule has 11 heteroatoms. The molecule has 0 aromatic heterocycles. The summed E-state index contributed by atoms with van der Waals surface area (Å²) in [6.07, 6.45) is 0. The minimum atomic E-state index is -4.99. The zero-order valence-electron chi connectivity index (χ0n) is 11.1. The van der Waals surface area contributed by atoms with Crippen LogP contribution in [0.1, 0.15) is 0 Å². The van der Waals surface area contributed by atoms with E-state index in [-0.39, 0.29) is 22.9 Å². The summed E-state index contributed by atoms with van der Waals surface area (Å²) in [7, 11) is 0. The lowest BCUT2D eigenvalue weighted by molar-refractivity contribution is -0.385. The first-order valence-electron chi connectivity index (χ1n) is 5.87. The molecule has 0 fully saturated rings. The Labute approximate surface area is 129 Å². The highest BCUT2D eigenvalue weighted by atomic mass is 32.3. The number of hydrogen-bond acceptors (Lipinski definition) is 6. The highest BCUT2D eigenvalue weighted by molar-refractivity contribution is 8.17. The van der Waals surface area contributed by atoms with Crippen LogP contribution in [0.25, 0.3) is 0 Å². The topological polar surface area (TPSA) is 105 Å². The van der Waals surface area contributed by atoms with E-state index in [9.17, 15) is 28.0 Å². The van der Waals surface area contributed by atoms with Crippen LogP contribution in [0.5, 0.6) is 11.5 Å². The van der Waals surface area contributed by atoms with Gasteiger partial charge in [0, 0.05) is 24.3 Å². The van der Waals surface area contributed by atoms with Crippen molar-refractivity contribution < 1.29 is 26.0 Å². The molecule has 2 aromatic rings. The molecular formula is C12H8F2N2O6S. The number of halogens is 2. The summed E-state index contributed by atoms with van der Waals surface area (Å²) in [6.45, 7) is 0. The lowest BCUT2D eigenvalue weighted by atomic mass is 10.3. The van der Waals surface area contributed by atoms with E-state index in [1.807, 2.05) is 0 Å². The Morgan fingerprint density at radius 2 is 1.04 bits per heavy atom. The van der Waals surface area contributed by atoms with E-state index in [1.165, 1.54) is 0 Å². The van der Waals surface area contributed by atoms with E-state index in [0.717, 1.165) is 48.5 Å². The molecule has 23 heavy (non-hydrogen) atoms. The summed E-state index contributed by atoms with van der Waals surface area (Å²) >= 11 is -4.99. The average Bonchev–Trinajstić information content (AvgIpc) is 2.47. The van der Waals surface area contributed by atoms with E-state index < -0.39 is 21.2 Å². The van der Waals surface area contributed by atoms with Crippen LogP contribution < -0.4 is 8.37 Å². The van der Waals surface area contributed by atoms with Crippen molar-refractivity contribution in [1.29, 1.82) is 0 Å². The highest BCUT2D eigenvalue weighted by Gasteiger charge is 2.24. The van der Waals surface area contributed by atoms with Crippen LogP contribution in [0, 0.1) is 20.2 Å². The van der Waals surface area contributed by atoms with E-state index in [0.29, 0.717) is 0 Å². The van der Waals surface area contributed by atoms with Gasteiger partial charge < -0.3 is 8.37 Å². The molecule has 8 nitrogen and oxygen atoms in total. The van der Waals surface area contributed by atoms with Gasteiger partial charge in [-0.25, -0.2) is 0 Å². The monoisotopic (exact) mass is 346 g/mol. The third kappa shape index (κ3) is 4.51. The van der Waals surface area contributed by atoms with Gasteiger partial charge in [-0.15, -0.1) is 0 Å². The summed E-state index contributed by atoms with van der Waals surface area (Å²) in [5.74, 6) is -0.616. The fourth-order valence-electron chi connectivity index (χ4n) is 1.49. The van der Waals surface area contributed by atoms with Crippen molar-refractivity contribution >= 4 is 22.7 Å². The van der Waals surface area contributed by atoms with E-state index in [2.05, 4.69) is 8.37 Å². The van der Waals surface area contributed by atoms with Crippen molar-refractivity contribution in [1.82, 2.24) is 0 Å². The molecule has 0 bridgehead atoms. The largest absolute Gasteiger partial charge is 0.332 e. The maximum Gasteiger partial charge on any atom is 0.269 e. The first-order chi connectivity index (χ1) is 10.8. The van der Waals surface area contributed by atoms with E-state index in [4.69, 9.17) is 0 Å². The maximum absolute atomic E-state index is 13.7. The fourth-order valence-corrected chi connectivity index (χ4v) is 2.19. The van der Waals surface area contributed by atoms with Crippen LogP contribution in [0.2, 0.25) is 0 Å². The van der Waals surface area contributed by atoms with Gasteiger partial charge in [0.2, 0.25) is 11.4 Å². The summed E-state index contributed by atoms with van der Waals surface area (Å²) in [5, 5.41) is 20.9. The van der Waals surface area contributed by atoms with Crippen molar-refractivity contribution in [2.75, 3.05) is 0 Å². The third-order valence-electron chi connectivity index (χ3n) is 2.48. The van der Waals surface area contributed by atoms with Crippen LogP contribution in [-0.2, 0) is 0 Å². The van der Waals surface area contributed by atoms with Gasteiger partial charge in [0.15, 0.2) is 11.5 Å². The molecule has 2 aromatic carbocycles. The molecule has 0 heterocycles. The van der Waals surface area contributed by atoms with Gasteiger partial charge in [-0.2, -0.15) is 0 Å². The van der Waals surface area contributed by atoms with E-state index >= 15 is 0 Å². The molecule has 2 rings (SSSR count). The summed E-state index contributed by atoms with van der Waals surface area (Å²) in [6, 6.07) is 8.09. The molecule has 0 saturated carbocycles. The zero-order valence-corrected chi connectivity index (χ0v) is 11.9. The molecule has 0 N–H and O–H groups in total. The molecule has 0 aliphatic carbocycles. The Kier molecular flexibility index (Phi) is 4.60. The minimum Gasteiger partial charge on any atom is -0.332 e. The van der Waals surface area contributed by atoms with Crippen LogP contribution in [0.15, 0.2) is 48.5 Å². The smallest absolute Gasteiger partial charge is 0.269 e. The quantitative estimate of drug-likeness (QED) is 0.568. The number of rotatable bonds is 6. The van der Waals surface area contributed by atoms with Crippen molar-refractivity contribution in [3.05, 3.63) is 68.8 Å². The Morgan fingerprint density at radius 3 is 1.30 bits per heavy atom. The first kappa shape index (κ1) is 16.4. The normalized spacial score (nSPS) is 11.6. The molecule has 0 aliphatic heterocycles. The van der Waals surface area contributed by atoms with Gasteiger partial charge in [-0.1, -0.05) is 0 Å². The Balaban J connectivity index is 2.06. The number of non-ortho nitro benzene ring substituents is 2. The molecule has 0 radical (unpaired) electrons. The SMILES string of the molecule is O=[N+]([O-])c1ccc(OS(F)(F)Oc2ccc([N+](=O)[O-])cc2)cc1. The number of nitrogens with zero attached hydrogens (tertiary/aromatic N) is 2. The van der Waals surface area contributed by atoms with Gasteiger partial charge >= 0.3 is 0 Å². The van der Waals surface area contributed by atoms with Gasteiger partial charge in [0.25, 0.3) is 11.4 Å². The van der Waals surface area contributed by atoms with Crippen molar-refractivity contribution in [3.8, 4) is 11.5 Å². The van der Waals surface area contributed by atoms with Gasteiger partial charge in [0.05, 0.1) is 9.85 Å². The number of benzene rings is 2. The molecular weight excluding hydrogens is 338 g/mol. The lowest BCUT2D eigenvalue weighted by Gasteiger charge is -2.24. The zero-order chi connectivity index (χ0) is 17.0. The molecule has 0 unspecified atom stereocenters. The van der Waals surface area contributed by atoms with Gasteiger partial charge in [-0.3, -0.25) is 20.2 Å². The standard InChI is InChI=1S/C12H8F2N2O6S/c13-23(14,21-11-5-1-9(2-6-11)15(17)18)22-12-7-3-10(4-8-12)16(19)20/h1-8H. The van der Waals surface area contributed by atoms with Crippen molar-refractivity contribution in [3.63, 3.8) is 0 Å². The Bertz CT molecular complexity index is 662. The van der Waals surface area contributed by atoms with Gasteiger partial charge in [-0.05, 0) is 32.0 Å². The summed E-state index contributed by atoms with van der Waals surface area (Å²) in [4.78, 5) is 19.6. The number of nitro groups is 2. The summed E-state index contributed by atoms with van der Waals surface area (Å²) < 4.78 is 36.1. The lowest BCUT2D eigenvalue weighted by Crippen LogP contribution is -2.04. The Morgan fingerprint density at radius 1 is 0.739 bits per heavy atom. The third-order valence-corrected chi connectivity index (χ3v) is 3.25. The molecule has 0 aliphatic rings. The second-order valence-corrected chi connectivity index (χ2v) is 5.14. The molecule has 0 atom stereocenters. The molecule has 0 saturated heterocycles. The molecule has 122 valence electrons. The Hall–Kier alpha value is -2.95. The highest BCUT2D eigenvalue weighted by Crippen LogP contribution is 2.53. The van der Waals surface area contributed by atoms with Crippen molar-refractivity contribution in [2.45, 2.75) is 0 Å². The molecule has 0 amide bonds. The number of nitro benzene ring substituents is 2. The predicted octanol–water partition coefficient (Wildman–Crippen LogP) is 4.36. The second-order valence-electron chi connectivity index (χ2n) is 4.05. The fraction of sp³-hybridized carbons (Fsp3) is 0. The second kappa shape index (κ2) is 6.44. The summed E-state index contributed by atoms with van der Waals surface area (Å²) in [5.41, 5.74) is -0.543. The van der Waals surface area contributed by atoms with E-state index in [1.54, 1.807) is 0 Å². The van der Waals surface area contributed by atoms with Crippen LogP contribution >= 0.6 is 11.4 Å².